The van der Waals surface area contributed by atoms with Gasteiger partial charge in [0.05, 0.1) is 12.8 Å². The van der Waals surface area contributed by atoms with Crippen molar-refractivity contribution in [3.05, 3.63) is 24.3 Å². The highest BCUT2D eigenvalue weighted by Gasteiger charge is 2.28. The fraction of sp³-hybridized carbons (Fsp3) is 0.438. The van der Waals surface area contributed by atoms with E-state index in [2.05, 4.69) is 5.32 Å². The second-order valence-electron chi connectivity index (χ2n) is 4.83. The number of benzene rings is 1. The Morgan fingerprint density at radius 3 is 2.64 bits per heavy atom. The zero-order chi connectivity index (χ0) is 16.5. The number of ether oxygens (including phenoxy) is 1. The van der Waals surface area contributed by atoms with Crippen molar-refractivity contribution in [2.45, 2.75) is 32.7 Å². The van der Waals surface area contributed by atoms with Crippen LogP contribution in [0.5, 0.6) is 5.75 Å². The number of carbonyl (C=O) groups excluding carboxylic acids is 3. The molecule has 1 atom stereocenters. The van der Waals surface area contributed by atoms with Crippen molar-refractivity contribution in [1.82, 2.24) is 5.32 Å². The van der Waals surface area contributed by atoms with Crippen LogP contribution >= 0.6 is 0 Å². The summed E-state index contributed by atoms with van der Waals surface area (Å²) in [6.45, 7) is 3.96. The molecule has 1 unspecified atom stereocenters. The largest absolute Gasteiger partial charge is 0.495 e. The molecule has 1 rings (SSSR count). The second-order valence-corrected chi connectivity index (χ2v) is 4.83. The van der Waals surface area contributed by atoms with E-state index in [9.17, 15) is 14.4 Å². The molecule has 1 N–H and O–H groups in total. The lowest BCUT2D eigenvalue weighted by molar-refractivity contribution is -0.138. The number of unbranched alkanes of at least 4 members (excludes halogenated alkanes) is 1. The van der Waals surface area contributed by atoms with Crippen molar-refractivity contribution >= 4 is 23.8 Å². The molecule has 0 saturated carbocycles. The summed E-state index contributed by atoms with van der Waals surface area (Å²) in [6, 6.07) is 5.92. The number of rotatable bonds is 9. The average Bonchev–Trinajstić information content (AvgIpc) is 2.55. The number of hydrogen-bond donors (Lipinski definition) is 1. The Morgan fingerprint density at radius 1 is 1.36 bits per heavy atom. The molecule has 0 radical (unpaired) electrons. The Hall–Kier alpha value is -2.37. The summed E-state index contributed by atoms with van der Waals surface area (Å²) in [5.41, 5.74) is 0.446. The standard InChI is InChI=1S/C16H22N2O4/c1-4-5-10-17-16(21)15(20)12(2)18(11-19)13-8-6-7-9-14(13)22-3/h6-9,11-12H,4-5,10H2,1-3H3,(H,17,21). The van der Waals surface area contributed by atoms with Gasteiger partial charge < -0.3 is 15.0 Å². The number of methoxy groups -OCH3 is 1. The van der Waals surface area contributed by atoms with Gasteiger partial charge in [-0.25, -0.2) is 0 Å². The zero-order valence-corrected chi connectivity index (χ0v) is 13.2. The van der Waals surface area contributed by atoms with Gasteiger partial charge in [-0.1, -0.05) is 25.5 Å². The van der Waals surface area contributed by atoms with Gasteiger partial charge in [0.25, 0.3) is 5.91 Å². The first-order valence-corrected chi connectivity index (χ1v) is 7.25. The van der Waals surface area contributed by atoms with Gasteiger partial charge in [-0.2, -0.15) is 0 Å². The number of amides is 2. The number of anilines is 1. The van der Waals surface area contributed by atoms with Crippen LogP contribution in [0.3, 0.4) is 0 Å². The van der Waals surface area contributed by atoms with Crippen LogP contribution in [0, 0.1) is 0 Å². The van der Waals surface area contributed by atoms with Crippen molar-refractivity contribution in [2.75, 3.05) is 18.6 Å². The fourth-order valence-corrected chi connectivity index (χ4v) is 1.98. The van der Waals surface area contributed by atoms with E-state index in [1.807, 2.05) is 6.92 Å². The molecule has 0 fully saturated rings. The minimum Gasteiger partial charge on any atom is -0.495 e. The first kappa shape index (κ1) is 17.7. The summed E-state index contributed by atoms with van der Waals surface area (Å²) in [7, 11) is 1.48. The fourth-order valence-electron chi connectivity index (χ4n) is 1.98. The Balaban J connectivity index is 2.87. The molecular formula is C16H22N2O4. The molecule has 22 heavy (non-hydrogen) atoms. The minimum atomic E-state index is -0.907. The first-order chi connectivity index (χ1) is 10.6. The van der Waals surface area contributed by atoms with Crippen molar-refractivity contribution in [3.8, 4) is 5.75 Å². The van der Waals surface area contributed by atoms with Gasteiger partial charge in [0.15, 0.2) is 0 Å². The van der Waals surface area contributed by atoms with Crippen LogP contribution in [-0.4, -0.2) is 37.8 Å². The lowest BCUT2D eigenvalue weighted by atomic mass is 10.1. The molecule has 2 amide bonds. The van der Waals surface area contributed by atoms with Gasteiger partial charge in [0.2, 0.25) is 12.2 Å². The van der Waals surface area contributed by atoms with E-state index in [1.54, 1.807) is 24.3 Å². The van der Waals surface area contributed by atoms with Gasteiger partial charge in [-0.05, 0) is 25.5 Å². The maximum absolute atomic E-state index is 12.2. The molecular weight excluding hydrogens is 284 g/mol. The highest BCUT2D eigenvalue weighted by molar-refractivity contribution is 6.39. The molecule has 0 aliphatic carbocycles. The zero-order valence-electron chi connectivity index (χ0n) is 13.2. The predicted molar refractivity (Wildman–Crippen MR) is 83.9 cm³/mol. The Morgan fingerprint density at radius 2 is 2.05 bits per heavy atom. The Kier molecular flexibility index (Phi) is 7.08. The van der Waals surface area contributed by atoms with E-state index >= 15 is 0 Å². The van der Waals surface area contributed by atoms with Gasteiger partial charge in [-0.3, -0.25) is 14.4 Å². The van der Waals surface area contributed by atoms with Crippen LogP contribution in [0.25, 0.3) is 0 Å². The number of Topliss-reactive ketones (excluding diaryl/α,β-unsaturated/α-hetero) is 1. The van der Waals surface area contributed by atoms with E-state index in [0.29, 0.717) is 24.4 Å². The van der Waals surface area contributed by atoms with Crippen LogP contribution in [-0.2, 0) is 14.4 Å². The monoisotopic (exact) mass is 306 g/mol. The van der Waals surface area contributed by atoms with Gasteiger partial charge >= 0.3 is 0 Å². The normalized spacial score (nSPS) is 11.4. The third-order valence-corrected chi connectivity index (χ3v) is 3.31. The van der Waals surface area contributed by atoms with Crippen molar-refractivity contribution in [3.63, 3.8) is 0 Å². The van der Waals surface area contributed by atoms with Crippen molar-refractivity contribution in [1.29, 1.82) is 0 Å². The van der Waals surface area contributed by atoms with Gasteiger partial charge in [0.1, 0.15) is 11.8 Å². The molecule has 6 heteroatoms. The van der Waals surface area contributed by atoms with Crippen LogP contribution in [0.2, 0.25) is 0 Å². The summed E-state index contributed by atoms with van der Waals surface area (Å²) in [4.78, 5) is 36.6. The lowest BCUT2D eigenvalue weighted by Crippen LogP contribution is -2.46. The number of nitrogens with zero attached hydrogens (tertiary/aromatic N) is 1. The van der Waals surface area contributed by atoms with Gasteiger partial charge in [-0.15, -0.1) is 0 Å². The number of para-hydroxylation sites is 2. The van der Waals surface area contributed by atoms with Crippen LogP contribution < -0.4 is 15.0 Å². The molecule has 0 aromatic heterocycles. The summed E-state index contributed by atoms with van der Waals surface area (Å²) < 4.78 is 5.19. The predicted octanol–water partition coefficient (Wildman–Crippen LogP) is 1.53. The summed E-state index contributed by atoms with van der Waals surface area (Å²) in [5.74, 6) is -0.877. The quantitative estimate of drug-likeness (QED) is 0.426. The van der Waals surface area contributed by atoms with Crippen LogP contribution in [0.1, 0.15) is 26.7 Å². The molecule has 0 aliphatic heterocycles. The first-order valence-electron chi connectivity index (χ1n) is 7.25. The number of nitrogens with one attached hydrogen (secondary N) is 1. The van der Waals surface area contributed by atoms with Crippen LogP contribution in [0.15, 0.2) is 24.3 Å². The highest BCUT2D eigenvalue weighted by atomic mass is 16.5. The third kappa shape index (κ3) is 4.31. The molecule has 1 aromatic rings. The Labute approximate surface area is 130 Å². The molecule has 0 heterocycles. The highest BCUT2D eigenvalue weighted by Crippen LogP contribution is 2.28. The molecule has 6 nitrogen and oxygen atoms in total. The smallest absolute Gasteiger partial charge is 0.289 e. The Bertz CT molecular complexity index is 531. The summed E-state index contributed by atoms with van der Waals surface area (Å²) in [5, 5.41) is 2.56. The SMILES string of the molecule is CCCCNC(=O)C(=O)C(C)N(C=O)c1ccccc1OC. The molecule has 1 aromatic carbocycles. The van der Waals surface area contributed by atoms with Crippen molar-refractivity contribution in [2.24, 2.45) is 0 Å². The number of hydrogen-bond acceptors (Lipinski definition) is 4. The van der Waals surface area contributed by atoms with E-state index < -0.39 is 17.7 Å². The van der Waals surface area contributed by atoms with E-state index in [4.69, 9.17) is 4.74 Å². The second kappa shape index (κ2) is 8.81. The van der Waals surface area contributed by atoms with E-state index in [1.165, 1.54) is 18.9 Å². The maximum Gasteiger partial charge on any atom is 0.289 e. The molecule has 0 saturated heterocycles. The molecule has 120 valence electrons. The van der Waals surface area contributed by atoms with Gasteiger partial charge in [0, 0.05) is 6.54 Å². The molecule has 0 aliphatic rings. The topological polar surface area (TPSA) is 75.7 Å². The van der Waals surface area contributed by atoms with E-state index in [0.717, 1.165) is 12.8 Å². The maximum atomic E-state index is 12.2. The molecule has 0 bridgehead atoms. The summed E-state index contributed by atoms with van der Waals surface area (Å²) >= 11 is 0. The lowest BCUT2D eigenvalue weighted by Gasteiger charge is -2.25. The third-order valence-electron chi connectivity index (χ3n) is 3.31. The van der Waals surface area contributed by atoms with Crippen LogP contribution in [0.4, 0.5) is 5.69 Å². The van der Waals surface area contributed by atoms with Crippen molar-refractivity contribution < 1.29 is 19.1 Å². The number of carbonyl (C=O) groups is 3. The molecule has 0 spiro atoms. The summed E-state index contributed by atoms with van der Waals surface area (Å²) in [6.07, 6.45) is 2.25. The average molecular weight is 306 g/mol. The minimum absolute atomic E-state index is 0.446. The van der Waals surface area contributed by atoms with E-state index in [-0.39, 0.29) is 0 Å². The number of ketones is 1.